The third-order valence-electron chi connectivity index (χ3n) is 4.49. The summed E-state index contributed by atoms with van der Waals surface area (Å²) in [6, 6.07) is 14.7. The molecule has 3 amide bonds. The van der Waals surface area contributed by atoms with Crippen LogP contribution in [0.4, 0.5) is 10.5 Å². The van der Waals surface area contributed by atoms with E-state index in [9.17, 15) is 9.59 Å². The fourth-order valence-electron chi connectivity index (χ4n) is 2.97. The van der Waals surface area contributed by atoms with Crippen LogP contribution in [0.3, 0.4) is 0 Å². The number of amides is 3. The molecule has 1 aliphatic heterocycles. The summed E-state index contributed by atoms with van der Waals surface area (Å²) < 4.78 is 0.976. The van der Waals surface area contributed by atoms with Crippen LogP contribution >= 0.6 is 15.9 Å². The molecule has 1 aliphatic rings. The predicted molar refractivity (Wildman–Crippen MR) is 106 cm³/mol. The summed E-state index contributed by atoms with van der Waals surface area (Å²) in [5, 5.41) is 2.86. The molecule has 1 N–H and O–H groups in total. The molecule has 0 bridgehead atoms. The molecule has 136 valence electrons. The molecule has 0 saturated carbocycles. The first-order valence-corrected chi connectivity index (χ1v) is 9.49. The summed E-state index contributed by atoms with van der Waals surface area (Å²) >= 11 is 3.50. The predicted octanol–water partition coefficient (Wildman–Crippen LogP) is 4.35. The van der Waals surface area contributed by atoms with Crippen molar-refractivity contribution in [3.63, 3.8) is 0 Å². The van der Waals surface area contributed by atoms with Gasteiger partial charge in [-0.25, -0.2) is 4.79 Å². The molecule has 1 saturated heterocycles. The highest BCUT2D eigenvalue weighted by atomic mass is 79.9. The van der Waals surface area contributed by atoms with Crippen LogP contribution in [0.1, 0.15) is 28.8 Å². The monoisotopic (exact) mass is 415 g/mol. The molecule has 5 nitrogen and oxygen atoms in total. The van der Waals surface area contributed by atoms with Crippen LogP contribution in [0.15, 0.2) is 53.0 Å². The summed E-state index contributed by atoms with van der Waals surface area (Å²) in [6.45, 7) is 2.16. The third-order valence-corrected chi connectivity index (χ3v) is 5.26. The highest BCUT2D eigenvalue weighted by Crippen LogP contribution is 2.19. The molecule has 0 aromatic heterocycles. The van der Waals surface area contributed by atoms with E-state index in [4.69, 9.17) is 0 Å². The van der Waals surface area contributed by atoms with Gasteiger partial charge in [0.15, 0.2) is 0 Å². The smallest absolute Gasteiger partial charge is 0.321 e. The quantitative estimate of drug-likeness (QED) is 0.806. The maximum absolute atomic E-state index is 12.4. The Morgan fingerprint density at radius 1 is 1.08 bits per heavy atom. The number of hydrogen-bond acceptors (Lipinski definition) is 2. The molecule has 0 atom stereocenters. The maximum Gasteiger partial charge on any atom is 0.321 e. The Morgan fingerprint density at radius 3 is 2.38 bits per heavy atom. The summed E-state index contributed by atoms with van der Waals surface area (Å²) in [5.41, 5.74) is 2.37. The number of hydrogen-bond donors (Lipinski definition) is 1. The van der Waals surface area contributed by atoms with Gasteiger partial charge in [0.05, 0.1) is 0 Å². The van der Waals surface area contributed by atoms with Crippen LogP contribution in [0.25, 0.3) is 0 Å². The zero-order valence-corrected chi connectivity index (χ0v) is 16.3. The second-order valence-corrected chi connectivity index (χ2v) is 7.31. The average molecular weight is 416 g/mol. The largest absolute Gasteiger partial charge is 0.339 e. The van der Waals surface area contributed by atoms with Gasteiger partial charge in [0.1, 0.15) is 0 Å². The van der Waals surface area contributed by atoms with Crippen molar-refractivity contribution in [1.82, 2.24) is 9.80 Å². The van der Waals surface area contributed by atoms with E-state index in [0.717, 1.165) is 36.0 Å². The van der Waals surface area contributed by atoms with Crippen molar-refractivity contribution in [1.29, 1.82) is 0 Å². The molecule has 1 heterocycles. The number of likely N-dealkylation sites (tertiary alicyclic amines) is 1. The van der Waals surface area contributed by atoms with Crippen molar-refractivity contribution in [2.75, 3.05) is 25.5 Å². The number of benzene rings is 2. The number of halogens is 1. The fourth-order valence-corrected chi connectivity index (χ4v) is 3.38. The Kier molecular flexibility index (Phi) is 5.93. The van der Waals surface area contributed by atoms with Crippen LogP contribution in [0.5, 0.6) is 0 Å². The first-order valence-electron chi connectivity index (χ1n) is 8.69. The SMILES string of the molecule is CN(Cc1ccccc1Br)C(=O)Nc1ccc(C(=O)N2CCCC2)cc1. The van der Waals surface area contributed by atoms with Crippen molar-refractivity contribution in [2.45, 2.75) is 19.4 Å². The molecule has 1 fully saturated rings. The summed E-state index contributed by atoms with van der Waals surface area (Å²) in [4.78, 5) is 28.2. The van der Waals surface area contributed by atoms with Gasteiger partial charge in [0.25, 0.3) is 5.91 Å². The minimum atomic E-state index is -0.195. The van der Waals surface area contributed by atoms with E-state index in [1.807, 2.05) is 29.2 Å². The van der Waals surface area contributed by atoms with E-state index in [2.05, 4.69) is 21.2 Å². The molecular formula is C20H22BrN3O2. The van der Waals surface area contributed by atoms with Gasteiger partial charge in [-0.05, 0) is 48.7 Å². The van der Waals surface area contributed by atoms with E-state index in [-0.39, 0.29) is 11.9 Å². The first-order chi connectivity index (χ1) is 12.5. The van der Waals surface area contributed by atoms with Gasteiger partial charge in [-0.2, -0.15) is 0 Å². The van der Waals surface area contributed by atoms with Gasteiger partial charge in [0, 0.05) is 42.4 Å². The second kappa shape index (κ2) is 8.36. The van der Waals surface area contributed by atoms with Gasteiger partial charge in [0.2, 0.25) is 0 Å². The van der Waals surface area contributed by atoms with E-state index in [0.29, 0.717) is 17.8 Å². The van der Waals surface area contributed by atoms with Gasteiger partial charge in [-0.15, -0.1) is 0 Å². The fraction of sp³-hybridized carbons (Fsp3) is 0.300. The number of urea groups is 1. The molecule has 2 aromatic carbocycles. The minimum absolute atomic E-state index is 0.0615. The number of rotatable bonds is 4. The Morgan fingerprint density at radius 2 is 1.73 bits per heavy atom. The lowest BCUT2D eigenvalue weighted by molar-refractivity contribution is 0.0793. The van der Waals surface area contributed by atoms with Gasteiger partial charge in [-0.1, -0.05) is 34.1 Å². The lowest BCUT2D eigenvalue weighted by Gasteiger charge is -2.19. The summed E-state index contributed by atoms with van der Waals surface area (Å²) in [7, 11) is 1.75. The van der Waals surface area contributed by atoms with Crippen LogP contribution < -0.4 is 5.32 Å². The number of nitrogens with zero attached hydrogens (tertiary/aromatic N) is 2. The zero-order chi connectivity index (χ0) is 18.5. The van der Waals surface area contributed by atoms with Crippen LogP contribution in [0, 0.1) is 0 Å². The normalized spacial score (nSPS) is 13.5. The summed E-state index contributed by atoms with van der Waals surface area (Å²) in [6.07, 6.45) is 2.15. The van der Waals surface area contributed by atoms with Crippen molar-refractivity contribution >= 4 is 33.6 Å². The van der Waals surface area contributed by atoms with Gasteiger partial charge >= 0.3 is 6.03 Å². The Bertz CT molecular complexity index is 786. The molecule has 0 unspecified atom stereocenters. The standard InChI is InChI=1S/C20H22BrN3O2/c1-23(14-16-6-2-3-7-18(16)21)20(26)22-17-10-8-15(9-11-17)19(25)24-12-4-5-13-24/h2-3,6-11H,4-5,12-14H2,1H3,(H,22,26). The van der Waals surface area contributed by atoms with Crippen LogP contribution in [-0.4, -0.2) is 41.9 Å². The zero-order valence-electron chi connectivity index (χ0n) is 14.7. The number of anilines is 1. The van der Waals surface area contributed by atoms with Crippen molar-refractivity contribution in [3.8, 4) is 0 Å². The van der Waals surface area contributed by atoms with Gasteiger partial charge < -0.3 is 15.1 Å². The van der Waals surface area contributed by atoms with Crippen molar-refractivity contribution in [3.05, 3.63) is 64.1 Å². The van der Waals surface area contributed by atoms with Crippen LogP contribution in [0.2, 0.25) is 0 Å². The lowest BCUT2D eigenvalue weighted by atomic mass is 10.2. The van der Waals surface area contributed by atoms with E-state index < -0.39 is 0 Å². The molecular weight excluding hydrogens is 394 g/mol. The molecule has 6 heteroatoms. The van der Waals surface area contributed by atoms with E-state index in [1.165, 1.54) is 0 Å². The number of carbonyl (C=O) groups is 2. The Balaban J connectivity index is 1.58. The van der Waals surface area contributed by atoms with E-state index in [1.54, 1.807) is 36.2 Å². The molecule has 2 aromatic rings. The molecule has 0 aliphatic carbocycles. The second-order valence-electron chi connectivity index (χ2n) is 6.45. The van der Waals surface area contributed by atoms with Crippen molar-refractivity contribution < 1.29 is 9.59 Å². The first kappa shape index (κ1) is 18.5. The molecule has 26 heavy (non-hydrogen) atoms. The highest BCUT2D eigenvalue weighted by molar-refractivity contribution is 9.10. The maximum atomic E-state index is 12.4. The highest BCUT2D eigenvalue weighted by Gasteiger charge is 2.19. The summed E-state index contributed by atoms with van der Waals surface area (Å²) in [5.74, 6) is 0.0615. The number of carbonyl (C=O) groups excluding carboxylic acids is 2. The minimum Gasteiger partial charge on any atom is -0.339 e. The molecule has 0 spiro atoms. The van der Waals surface area contributed by atoms with E-state index >= 15 is 0 Å². The van der Waals surface area contributed by atoms with Gasteiger partial charge in [-0.3, -0.25) is 4.79 Å². The third kappa shape index (κ3) is 4.43. The lowest BCUT2D eigenvalue weighted by Crippen LogP contribution is -2.31. The number of nitrogens with one attached hydrogen (secondary N) is 1. The topological polar surface area (TPSA) is 52.7 Å². The molecule has 0 radical (unpaired) electrons. The molecule has 3 rings (SSSR count). The Hall–Kier alpha value is -2.34. The van der Waals surface area contributed by atoms with Crippen molar-refractivity contribution in [2.24, 2.45) is 0 Å². The van der Waals surface area contributed by atoms with Crippen LogP contribution in [-0.2, 0) is 6.54 Å². The average Bonchev–Trinajstić information content (AvgIpc) is 3.18. The Labute approximate surface area is 162 Å².